The number of allylic oxidation sites excluding steroid dienone is 1. The quantitative estimate of drug-likeness (QED) is 0.587. The van der Waals surface area contributed by atoms with Crippen molar-refractivity contribution in [2.45, 2.75) is 40.2 Å². The van der Waals surface area contributed by atoms with E-state index in [1.54, 1.807) is 0 Å². The van der Waals surface area contributed by atoms with E-state index in [0.717, 1.165) is 6.42 Å². The molecule has 0 saturated heterocycles. The van der Waals surface area contributed by atoms with E-state index in [9.17, 15) is 0 Å². The molecule has 0 aromatic carbocycles. The highest BCUT2D eigenvalue weighted by molar-refractivity contribution is 4.91. The summed E-state index contributed by atoms with van der Waals surface area (Å²) in [7, 11) is 0. The molecule has 2 N–H and O–H groups in total. The normalized spacial score (nSPS) is 16.1. The van der Waals surface area contributed by atoms with E-state index in [4.69, 9.17) is 5.73 Å². The largest absolute Gasteiger partial charge is 0.325 e. The Bertz CT molecular complexity index is 106. The maximum atomic E-state index is 5.53. The average Bonchev–Trinajstić information content (AvgIpc) is 1.59. The fourth-order valence-corrected chi connectivity index (χ4v) is 0.636. The molecule has 0 aromatic rings. The number of hydrogen-bond acceptors (Lipinski definition) is 1. The molecule has 0 radical (unpaired) electrons. The molecule has 0 fully saturated rings. The first-order chi connectivity index (χ1) is 4.42. The van der Waals surface area contributed by atoms with E-state index >= 15 is 0 Å². The number of nitrogens with two attached hydrogens (primary N) is 1. The molecule has 0 rings (SSSR count). The highest BCUT2D eigenvalue weighted by atomic mass is 14.6. The summed E-state index contributed by atoms with van der Waals surface area (Å²) in [5.74, 6) is 0. The first-order valence-corrected chi connectivity index (χ1v) is 3.84. The van der Waals surface area contributed by atoms with Crippen LogP contribution in [0.4, 0.5) is 0 Å². The standard InChI is InChI=1S/C9H19N/c1-8(10)6-5-7-9(2,3)4/h5-6,8H,7,10H2,1-4H3/b6-5-. The van der Waals surface area contributed by atoms with Crippen LogP contribution < -0.4 is 5.73 Å². The first kappa shape index (κ1) is 9.70. The molecule has 1 heteroatoms. The molecule has 0 amide bonds. The molecule has 0 spiro atoms. The van der Waals surface area contributed by atoms with Crippen molar-refractivity contribution in [2.24, 2.45) is 11.1 Å². The van der Waals surface area contributed by atoms with Crippen molar-refractivity contribution >= 4 is 0 Å². The van der Waals surface area contributed by atoms with E-state index in [0.29, 0.717) is 5.41 Å². The molecular formula is C9H19N. The van der Waals surface area contributed by atoms with Gasteiger partial charge in [0.05, 0.1) is 0 Å². The van der Waals surface area contributed by atoms with Gasteiger partial charge in [0.2, 0.25) is 0 Å². The third-order valence-corrected chi connectivity index (χ3v) is 1.17. The summed E-state index contributed by atoms with van der Waals surface area (Å²) in [5.41, 5.74) is 5.93. The molecule has 0 heterocycles. The van der Waals surface area contributed by atoms with Crippen LogP contribution in [0.1, 0.15) is 34.1 Å². The van der Waals surface area contributed by atoms with E-state index in [1.165, 1.54) is 0 Å². The molecule has 0 aliphatic carbocycles. The van der Waals surface area contributed by atoms with E-state index in [-0.39, 0.29) is 6.04 Å². The van der Waals surface area contributed by atoms with Crippen LogP contribution in [0.5, 0.6) is 0 Å². The second kappa shape index (κ2) is 3.77. The van der Waals surface area contributed by atoms with Crippen LogP contribution >= 0.6 is 0 Å². The third kappa shape index (κ3) is 7.70. The van der Waals surface area contributed by atoms with Crippen molar-refractivity contribution in [3.8, 4) is 0 Å². The Kier molecular flexibility index (Phi) is 3.66. The fourth-order valence-electron chi connectivity index (χ4n) is 0.636. The highest BCUT2D eigenvalue weighted by Gasteiger charge is 2.05. The SMILES string of the molecule is CC(N)/C=C\CC(C)(C)C. The van der Waals surface area contributed by atoms with Gasteiger partial charge in [0.15, 0.2) is 0 Å². The van der Waals surface area contributed by atoms with E-state index in [2.05, 4.69) is 26.8 Å². The van der Waals surface area contributed by atoms with Crippen LogP contribution in [0.25, 0.3) is 0 Å². The minimum atomic E-state index is 0.197. The van der Waals surface area contributed by atoms with Gasteiger partial charge in [0.25, 0.3) is 0 Å². The lowest BCUT2D eigenvalue weighted by Gasteiger charge is -2.14. The Balaban J connectivity index is 3.54. The number of hydrogen-bond donors (Lipinski definition) is 1. The second-order valence-corrected chi connectivity index (χ2v) is 4.05. The Morgan fingerprint density at radius 2 is 1.90 bits per heavy atom. The summed E-state index contributed by atoms with van der Waals surface area (Å²) in [6, 6.07) is 0.197. The molecule has 0 aliphatic rings. The van der Waals surface area contributed by atoms with Crippen molar-refractivity contribution in [1.29, 1.82) is 0 Å². The highest BCUT2D eigenvalue weighted by Crippen LogP contribution is 2.18. The smallest absolute Gasteiger partial charge is 0.0194 e. The van der Waals surface area contributed by atoms with Gasteiger partial charge in [-0.3, -0.25) is 0 Å². The average molecular weight is 141 g/mol. The maximum Gasteiger partial charge on any atom is 0.0194 e. The summed E-state index contributed by atoms with van der Waals surface area (Å²) in [6.07, 6.45) is 5.31. The van der Waals surface area contributed by atoms with Crippen LogP contribution in [-0.2, 0) is 0 Å². The van der Waals surface area contributed by atoms with Gasteiger partial charge in [-0.05, 0) is 18.8 Å². The van der Waals surface area contributed by atoms with Gasteiger partial charge < -0.3 is 5.73 Å². The van der Waals surface area contributed by atoms with Gasteiger partial charge >= 0.3 is 0 Å². The predicted octanol–water partition coefficient (Wildman–Crippen LogP) is 2.33. The molecule has 0 bridgehead atoms. The molecule has 1 unspecified atom stereocenters. The second-order valence-electron chi connectivity index (χ2n) is 4.05. The van der Waals surface area contributed by atoms with Crippen LogP contribution in [0.15, 0.2) is 12.2 Å². The van der Waals surface area contributed by atoms with Crippen molar-refractivity contribution in [1.82, 2.24) is 0 Å². The summed E-state index contributed by atoms with van der Waals surface area (Å²) in [5, 5.41) is 0. The Labute approximate surface area is 64.3 Å². The molecule has 60 valence electrons. The lowest BCUT2D eigenvalue weighted by Crippen LogP contribution is -2.11. The lowest BCUT2D eigenvalue weighted by molar-refractivity contribution is 0.420. The molecule has 1 atom stereocenters. The van der Waals surface area contributed by atoms with E-state index in [1.807, 2.05) is 13.0 Å². The van der Waals surface area contributed by atoms with Crippen molar-refractivity contribution in [3.05, 3.63) is 12.2 Å². The molecule has 1 nitrogen and oxygen atoms in total. The predicted molar refractivity (Wildman–Crippen MR) is 46.9 cm³/mol. The summed E-state index contributed by atoms with van der Waals surface area (Å²) in [4.78, 5) is 0. The first-order valence-electron chi connectivity index (χ1n) is 3.84. The maximum absolute atomic E-state index is 5.53. The zero-order chi connectivity index (χ0) is 8.20. The molecular weight excluding hydrogens is 122 g/mol. The van der Waals surface area contributed by atoms with Crippen molar-refractivity contribution < 1.29 is 0 Å². The Morgan fingerprint density at radius 1 is 1.40 bits per heavy atom. The lowest BCUT2D eigenvalue weighted by atomic mass is 9.92. The third-order valence-electron chi connectivity index (χ3n) is 1.17. The summed E-state index contributed by atoms with van der Waals surface area (Å²) < 4.78 is 0. The molecule has 0 aromatic heterocycles. The van der Waals surface area contributed by atoms with Gasteiger partial charge in [-0.25, -0.2) is 0 Å². The van der Waals surface area contributed by atoms with Crippen LogP contribution in [-0.4, -0.2) is 6.04 Å². The zero-order valence-electron chi connectivity index (χ0n) is 7.52. The molecule has 10 heavy (non-hydrogen) atoms. The van der Waals surface area contributed by atoms with Crippen molar-refractivity contribution in [2.75, 3.05) is 0 Å². The van der Waals surface area contributed by atoms with Crippen LogP contribution in [0, 0.1) is 5.41 Å². The van der Waals surface area contributed by atoms with Crippen molar-refractivity contribution in [3.63, 3.8) is 0 Å². The minimum absolute atomic E-state index is 0.197. The van der Waals surface area contributed by atoms with Gasteiger partial charge in [-0.2, -0.15) is 0 Å². The Hall–Kier alpha value is -0.300. The van der Waals surface area contributed by atoms with Gasteiger partial charge in [-0.1, -0.05) is 32.9 Å². The fraction of sp³-hybridized carbons (Fsp3) is 0.778. The summed E-state index contributed by atoms with van der Waals surface area (Å²) >= 11 is 0. The molecule has 0 aliphatic heterocycles. The minimum Gasteiger partial charge on any atom is -0.325 e. The van der Waals surface area contributed by atoms with Gasteiger partial charge in [0, 0.05) is 6.04 Å². The Morgan fingerprint density at radius 3 is 2.20 bits per heavy atom. The molecule has 0 saturated carbocycles. The zero-order valence-corrected chi connectivity index (χ0v) is 7.52. The number of rotatable bonds is 2. The van der Waals surface area contributed by atoms with Gasteiger partial charge in [0.1, 0.15) is 0 Å². The topological polar surface area (TPSA) is 26.0 Å². The monoisotopic (exact) mass is 141 g/mol. The van der Waals surface area contributed by atoms with Crippen LogP contribution in [0.2, 0.25) is 0 Å². The van der Waals surface area contributed by atoms with E-state index < -0.39 is 0 Å². The summed E-state index contributed by atoms with van der Waals surface area (Å²) in [6.45, 7) is 8.65. The van der Waals surface area contributed by atoms with Gasteiger partial charge in [-0.15, -0.1) is 0 Å². The van der Waals surface area contributed by atoms with Crippen LogP contribution in [0.3, 0.4) is 0 Å².